The van der Waals surface area contributed by atoms with Crippen LogP contribution >= 0.6 is 11.6 Å². The van der Waals surface area contributed by atoms with Crippen LogP contribution in [-0.2, 0) is 6.42 Å². The molecule has 3 nitrogen and oxygen atoms in total. The molecule has 1 aromatic carbocycles. The van der Waals surface area contributed by atoms with Gasteiger partial charge in [0.1, 0.15) is 11.6 Å². The minimum absolute atomic E-state index is 0.0469. The highest BCUT2D eigenvalue weighted by Gasteiger charge is 2.07. The van der Waals surface area contributed by atoms with Crippen molar-refractivity contribution in [3.8, 4) is 17.3 Å². The lowest BCUT2D eigenvalue weighted by Gasteiger charge is -2.05. The molecule has 0 unspecified atom stereocenters. The van der Waals surface area contributed by atoms with Crippen molar-refractivity contribution in [3.63, 3.8) is 0 Å². The molecule has 18 heavy (non-hydrogen) atoms. The van der Waals surface area contributed by atoms with Gasteiger partial charge in [-0.3, -0.25) is 0 Å². The highest BCUT2D eigenvalue weighted by molar-refractivity contribution is 6.31. The summed E-state index contributed by atoms with van der Waals surface area (Å²) in [5.41, 5.74) is 2.09. The lowest BCUT2D eigenvalue weighted by Crippen LogP contribution is -1.98. The van der Waals surface area contributed by atoms with E-state index in [9.17, 15) is 4.39 Å². The highest BCUT2D eigenvalue weighted by Crippen LogP contribution is 2.24. The van der Waals surface area contributed by atoms with E-state index in [1.54, 1.807) is 12.1 Å². The van der Waals surface area contributed by atoms with Gasteiger partial charge in [-0.2, -0.15) is 5.26 Å². The van der Waals surface area contributed by atoms with Crippen LogP contribution in [0.1, 0.15) is 11.5 Å². The zero-order valence-corrected chi connectivity index (χ0v) is 10.4. The SMILES string of the molecule is Cc1cc(-c2ccc(F)c(Cl)c2)nc(CC#N)n1. The summed E-state index contributed by atoms with van der Waals surface area (Å²) in [7, 11) is 0. The fourth-order valence-electron chi connectivity index (χ4n) is 1.58. The van der Waals surface area contributed by atoms with Crippen molar-refractivity contribution in [1.29, 1.82) is 5.26 Å². The number of halogens is 2. The molecular weight excluding hydrogens is 253 g/mol. The second-order valence-electron chi connectivity index (χ2n) is 3.77. The third-order valence-corrected chi connectivity index (χ3v) is 2.64. The molecule has 0 saturated heterocycles. The Labute approximate surface area is 109 Å². The topological polar surface area (TPSA) is 49.6 Å². The zero-order chi connectivity index (χ0) is 13.1. The monoisotopic (exact) mass is 261 g/mol. The normalized spacial score (nSPS) is 10.1. The maximum atomic E-state index is 13.1. The van der Waals surface area contributed by atoms with Gasteiger partial charge in [0.25, 0.3) is 0 Å². The van der Waals surface area contributed by atoms with Crippen molar-refractivity contribution in [2.75, 3.05) is 0 Å². The Morgan fingerprint density at radius 3 is 2.78 bits per heavy atom. The van der Waals surface area contributed by atoms with Crippen molar-refractivity contribution in [3.05, 3.63) is 46.6 Å². The first-order valence-corrected chi connectivity index (χ1v) is 5.65. The first-order chi connectivity index (χ1) is 8.60. The molecule has 0 N–H and O–H groups in total. The molecule has 0 bridgehead atoms. The summed E-state index contributed by atoms with van der Waals surface area (Å²) in [6, 6.07) is 8.16. The molecule has 0 spiro atoms. The van der Waals surface area contributed by atoms with Crippen LogP contribution in [-0.4, -0.2) is 9.97 Å². The lowest BCUT2D eigenvalue weighted by atomic mass is 10.1. The van der Waals surface area contributed by atoms with Gasteiger partial charge in [0.15, 0.2) is 0 Å². The number of aromatic nitrogens is 2. The average molecular weight is 262 g/mol. The van der Waals surface area contributed by atoms with Crippen LogP contribution in [0.5, 0.6) is 0 Å². The first-order valence-electron chi connectivity index (χ1n) is 5.27. The first kappa shape index (κ1) is 12.5. The predicted octanol–water partition coefficient (Wildman–Crippen LogP) is 3.31. The summed E-state index contributed by atoms with van der Waals surface area (Å²) >= 11 is 5.73. The molecule has 0 fully saturated rings. The number of aryl methyl sites for hydroxylation is 1. The molecule has 0 radical (unpaired) electrons. The van der Waals surface area contributed by atoms with E-state index in [1.807, 2.05) is 13.0 Å². The summed E-state index contributed by atoms with van der Waals surface area (Å²) < 4.78 is 13.1. The standard InChI is InChI=1S/C13H9ClFN3/c1-8-6-12(18-13(17-8)4-5-16)9-2-3-11(15)10(14)7-9/h2-3,6-7H,4H2,1H3. The van der Waals surface area contributed by atoms with Gasteiger partial charge in [-0.05, 0) is 31.2 Å². The van der Waals surface area contributed by atoms with E-state index in [-0.39, 0.29) is 11.4 Å². The summed E-state index contributed by atoms with van der Waals surface area (Å²) in [5.74, 6) is -0.0172. The van der Waals surface area contributed by atoms with E-state index in [4.69, 9.17) is 16.9 Å². The number of rotatable bonds is 2. The predicted molar refractivity (Wildman–Crippen MR) is 66.5 cm³/mol. The van der Waals surface area contributed by atoms with Gasteiger partial charge in [0.2, 0.25) is 0 Å². The Morgan fingerprint density at radius 2 is 2.11 bits per heavy atom. The molecule has 0 atom stereocenters. The van der Waals surface area contributed by atoms with Gasteiger partial charge >= 0.3 is 0 Å². The van der Waals surface area contributed by atoms with Crippen LogP contribution in [0.15, 0.2) is 24.3 Å². The number of nitrogens with zero attached hydrogens (tertiary/aromatic N) is 3. The fourth-order valence-corrected chi connectivity index (χ4v) is 1.76. The molecule has 0 amide bonds. The summed E-state index contributed by atoms with van der Waals surface area (Å²) in [4.78, 5) is 8.40. The van der Waals surface area contributed by atoms with Crippen molar-refractivity contribution >= 4 is 11.6 Å². The smallest absolute Gasteiger partial charge is 0.143 e. The summed E-state index contributed by atoms with van der Waals surface area (Å²) in [6.07, 6.45) is 0.142. The van der Waals surface area contributed by atoms with Crippen LogP contribution in [0.4, 0.5) is 4.39 Å². The van der Waals surface area contributed by atoms with Gasteiger partial charge in [0.05, 0.1) is 23.2 Å². The largest absolute Gasteiger partial charge is 0.237 e. The lowest BCUT2D eigenvalue weighted by molar-refractivity contribution is 0.628. The Balaban J connectivity index is 2.50. The van der Waals surface area contributed by atoms with Crippen molar-refractivity contribution in [2.24, 2.45) is 0 Å². The van der Waals surface area contributed by atoms with Gasteiger partial charge < -0.3 is 0 Å². The van der Waals surface area contributed by atoms with E-state index in [1.165, 1.54) is 12.1 Å². The summed E-state index contributed by atoms with van der Waals surface area (Å²) in [6.45, 7) is 1.82. The van der Waals surface area contributed by atoms with Crippen LogP contribution in [0.3, 0.4) is 0 Å². The third kappa shape index (κ3) is 2.63. The third-order valence-electron chi connectivity index (χ3n) is 2.35. The van der Waals surface area contributed by atoms with E-state index in [2.05, 4.69) is 9.97 Å². The molecule has 0 aliphatic rings. The second-order valence-corrected chi connectivity index (χ2v) is 4.18. The highest BCUT2D eigenvalue weighted by atomic mass is 35.5. The van der Waals surface area contributed by atoms with Gasteiger partial charge in [-0.15, -0.1) is 0 Å². The van der Waals surface area contributed by atoms with Gasteiger partial charge in [0, 0.05) is 11.3 Å². The Bertz CT molecular complexity index is 635. The number of nitriles is 1. The molecule has 0 aliphatic carbocycles. The van der Waals surface area contributed by atoms with Crippen LogP contribution in [0, 0.1) is 24.1 Å². The minimum atomic E-state index is -0.469. The molecule has 0 aliphatic heterocycles. The summed E-state index contributed by atoms with van der Waals surface area (Å²) in [5, 5.41) is 8.70. The maximum Gasteiger partial charge on any atom is 0.143 e. The minimum Gasteiger partial charge on any atom is -0.237 e. The van der Waals surface area contributed by atoms with Crippen molar-refractivity contribution in [2.45, 2.75) is 13.3 Å². The van der Waals surface area contributed by atoms with E-state index in [0.29, 0.717) is 17.1 Å². The molecule has 1 aromatic heterocycles. The van der Waals surface area contributed by atoms with Crippen LogP contribution in [0.25, 0.3) is 11.3 Å². The molecule has 0 saturated carbocycles. The number of hydrogen-bond donors (Lipinski definition) is 0. The van der Waals surface area contributed by atoms with Crippen molar-refractivity contribution < 1.29 is 4.39 Å². The molecule has 5 heteroatoms. The Hall–Kier alpha value is -1.99. The van der Waals surface area contributed by atoms with Crippen LogP contribution < -0.4 is 0 Å². The Morgan fingerprint density at radius 1 is 1.33 bits per heavy atom. The molecular formula is C13H9ClFN3. The van der Waals surface area contributed by atoms with E-state index in [0.717, 1.165) is 5.69 Å². The quantitative estimate of drug-likeness (QED) is 0.833. The maximum absolute atomic E-state index is 13.1. The number of benzene rings is 1. The Kier molecular flexibility index (Phi) is 3.54. The van der Waals surface area contributed by atoms with Crippen molar-refractivity contribution in [1.82, 2.24) is 9.97 Å². The molecule has 90 valence electrons. The van der Waals surface area contributed by atoms with Gasteiger partial charge in [-0.25, -0.2) is 14.4 Å². The molecule has 1 heterocycles. The van der Waals surface area contributed by atoms with Crippen LogP contribution in [0.2, 0.25) is 5.02 Å². The second kappa shape index (κ2) is 5.11. The van der Waals surface area contributed by atoms with E-state index < -0.39 is 5.82 Å². The molecule has 2 aromatic rings. The number of hydrogen-bond acceptors (Lipinski definition) is 3. The molecule has 2 rings (SSSR count). The average Bonchev–Trinajstić information content (AvgIpc) is 2.32. The zero-order valence-electron chi connectivity index (χ0n) is 9.61. The van der Waals surface area contributed by atoms with E-state index >= 15 is 0 Å². The fraction of sp³-hybridized carbons (Fsp3) is 0.154. The van der Waals surface area contributed by atoms with Gasteiger partial charge in [-0.1, -0.05) is 11.6 Å².